The van der Waals surface area contributed by atoms with Crippen molar-refractivity contribution in [3.63, 3.8) is 0 Å². The Hall–Kier alpha value is -2.13. The number of methoxy groups -OCH3 is 1. The molecular weight excluding hydrogens is 485 g/mol. The summed E-state index contributed by atoms with van der Waals surface area (Å²) in [6, 6.07) is 4.63. The van der Waals surface area contributed by atoms with Crippen LogP contribution in [0.5, 0.6) is 0 Å². The van der Waals surface area contributed by atoms with Crippen LogP contribution in [0.25, 0.3) is 0 Å². The molecule has 170 valence electrons. The van der Waals surface area contributed by atoms with Crippen molar-refractivity contribution in [2.24, 2.45) is 26.0 Å². The molecule has 31 heavy (non-hydrogen) atoms. The minimum absolute atomic E-state index is 0.0308. The Morgan fingerprint density at radius 3 is 2.58 bits per heavy atom. The lowest BCUT2D eigenvalue weighted by molar-refractivity contribution is -0.140. The second kappa shape index (κ2) is 12.7. The lowest BCUT2D eigenvalue weighted by Gasteiger charge is -2.17. The van der Waals surface area contributed by atoms with Crippen LogP contribution in [0.3, 0.4) is 0 Å². The van der Waals surface area contributed by atoms with Gasteiger partial charge in [-0.2, -0.15) is 0 Å². The van der Waals surface area contributed by atoms with E-state index in [1.807, 2.05) is 39.0 Å². The van der Waals surface area contributed by atoms with Gasteiger partial charge in [0.25, 0.3) is 0 Å². The van der Waals surface area contributed by atoms with Gasteiger partial charge >= 0.3 is 13.6 Å². The third kappa shape index (κ3) is 8.14. The summed E-state index contributed by atoms with van der Waals surface area (Å²) in [7, 11) is -0.954. The van der Waals surface area contributed by atoms with E-state index in [2.05, 4.69) is 25.9 Å². The molecule has 11 heteroatoms. The number of allylic oxidation sites excluding steroid dienone is 2. The Bertz CT molecular complexity index is 953. The number of nitrogens with two attached hydrogens (primary N) is 2. The second-order valence-corrected chi connectivity index (χ2v) is 8.45. The molecule has 1 aliphatic rings. The quantitative estimate of drug-likeness (QED) is 0.329. The minimum atomic E-state index is -3.90. The van der Waals surface area contributed by atoms with Gasteiger partial charge in [0.1, 0.15) is 6.04 Å². The van der Waals surface area contributed by atoms with Gasteiger partial charge < -0.3 is 9.26 Å². The van der Waals surface area contributed by atoms with Gasteiger partial charge in [0, 0.05) is 23.5 Å². The molecule has 2 rings (SSSR count). The number of esters is 1. The molecule has 0 amide bonds. The first-order chi connectivity index (χ1) is 14.7. The number of hydrogen-bond donors (Lipinski definition) is 2. The van der Waals surface area contributed by atoms with Crippen molar-refractivity contribution >= 4 is 52.6 Å². The van der Waals surface area contributed by atoms with Gasteiger partial charge in [-0.05, 0) is 37.6 Å². The van der Waals surface area contributed by atoms with Crippen LogP contribution in [0.2, 0.25) is 0 Å². The van der Waals surface area contributed by atoms with E-state index in [1.54, 1.807) is 19.2 Å². The summed E-state index contributed by atoms with van der Waals surface area (Å²) < 4.78 is 22.7. The summed E-state index contributed by atoms with van der Waals surface area (Å²) >= 11 is 3.45. The summed E-state index contributed by atoms with van der Waals surface area (Å²) in [5.74, 6) is -0.455. The third-order valence-electron chi connectivity index (χ3n) is 3.91. The molecule has 0 unspecified atom stereocenters. The number of benzene rings is 1. The van der Waals surface area contributed by atoms with Crippen molar-refractivity contribution in [1.29, 1.82) is 0 Å². The fourth-order valence-electron chi connectivity index (χ4n) is 2.66. The van der Waals surface area contributed by atoms with E-state index >= 15 is 0 Å². The number of hydrogen-bond acceptors (Lipinski definition) is 7. The van der Waals surface area contributed by atoms with Crippen molar-refractivity contribution in [2.45, 2.75) is 39.7 Å². The van der Waals surface area contributed by atoms with Gasteiger partial charge in [-0.25, -0.2) is 20.6 Å². The van der Waals surface area contributed by atoms with Crippen molar-refractivity contribution in [2.75, 3.05) is 14.2 Å². The molecule has 1 aliphatic heterocycles. The lowest BCUT2D eigenvalue weighted by atomic mass is 10.0. The number of nitrogens with zero attached hydrogens (tertiary/aromatic N) is 3. The molecule has 0 saturated heterocycles. The van der Waals surface area contributed by atoms with Crippen LogP contribution in [0.1, 0.15) is 39.2 Å². The van der Waals surface area contributed by atoms with Gasteiger partial charge in [0.05, 0.1) is 24.2 Å². The predicted octanol–water partition coefficient (Wildman–Crippen LogP) is 4.32. The summed E-state index contributed by atoms with van der Waals surface area (Å²) in [5, 5.41) is 0. The summed E-state index contributed by atoms with van der Waals surface area (Å²) in [4.78, 5) is 25.2. The molecule has 4 N–H and O–H groups in total. The first kappa shape index (κ1) is 26.9. The standard InChI is InChI=1S/C18H23BrN5O4P.C2H6/c1-4-5-14(22-2)17-12-10-11(19)6-7-13(12)24-18(28-29(20,21)26)15(23-17)8-9-16(25)27-3;1-2/h4-7,10,15H,8-9H2,1-3H3,(H4,20,21,26);1-2H3/b5-4-,22-14?;/t15-;/m0./s1. The number of fused-ring (bicyclic) bond motifs is 1. The molecule has 0 spiro atoms. The smallest absolute Gasteiger partial charge is 0.386 e. The third-order valence-corrected chi connectivity index (χ3v) is 4.87. The fourth-order valence-corrected chi connectivity index (χ4v) is 3.48. The number of aliphatic imine (C=N–C) groups is 3. The van der Waals surface area contributed by atoms with Crippen LogP contribution in [-0.2, 0) is 18.6 Å². The Morgan fingerprint density at radius 1 is 1.35 bits per heavy atom. The average molecular weight is 514 g/mol. The molecular formula is C20H29BrN5O4P. The highest BCUT2D eigenvalue weighted by atomic mass is 79.9. The van der Waals surface area contributed by atoms with Crippen molar-refractivity contribution in [3.05, 3.63) is 40.4 Å². The zero-order chi connectivity index (χ0) is 23.6. The number of carbonyl (C=O) groups excluding carboxylic acids is 1. The maximum absolute atomic E-state index is 11.9. The average Bonchev–Trinajstić information content (AvgIpc) is 2.87. The monoisotopic (exact) mass is 513 g/mol. The lowest BCUT2D eigenvalue weighted by Crippen LogP contribution is -2.26. The van der Waals surface area contributed by atoms with E-state index in [0.717, 1.165) is 4.47 Å². The largest absolute Gasteiger partial charge is 0.469 e. The molecule has 0 radical (unpaired) electrons. The van der Waals surface area contributed by atoms with Crippen LogP contribution in [-0.4, -0.2) is 43.5 Å². The number of rotatable bonds is 6. The highest BCUT2D eigenvalue weighted by Crippen LogP contribution is 2.34. The molecule has 1 aromatic rings. The van der Waals surface area contributed by atoms with Gasteiger partial charge in [0.2, 0.25) is 5.90 Å². The molecule has 0 aliphatic carbocycles. The van der Waals surface area contributed by atoms with Crippen molar-refractivity contribution < 1.29 is 18.6 Å². The van der Waals surface area contributed by atoms with Gasteiger partial charge in [0.15, 0.2) is 0 Å². The number of ether oxygens (including phenoxy) is 1. The fraction of sp³-hybridized carbons (Fsp3) is 0.400. The van der Waals surface area contributed by atoms with Crippen LogP contribution in [0.4, 0.5) is 5.69 Å². The molecule has 0 bridgehead atoms. The van der Waals surface area contributed by atoms with E-state index in [0.29, 0.717) is 22.7 Å². The predicted molar refractivity (Wildman–Crippen MR) is 129 cm³/mol. The summed E-state index contributed by atoms with van der Waals surface area (Å²) in [6.45, 7) is 5.86. The second-order valence-electron chi connectivity index (χ2n) is 6.07. The SMILES string of the molecule is C/C=C\C(=NC)C1=N[C@@H](CCC(=O)OC)C(OP(N)(N)=O)=Nc2ccc(Br)cc21.CC. The van der Waals surface area contributed by atoms with Gasteiger partial charge in [-0.3, -0.25) is 14.8 Å². The Balaban J connectivity index is 0.00000233. The first-order valence-electron chi connectivity index (χ1n) is 9.68. The van der Waals surface area contributed by atoms with Crippen LogP contribution in [0, 0.1) is 0 Å². The zero-order valence-corrected chi connectivity index (χ0v) is 20.8. The summed E-state index contributed by atoms with van der Waals surface area (Å²) in [5.41, 5.74) is 13.2. The molecule has 1 atom stereocenters. The minimum Gasteiger partial charge on any atom is -0.469 e. The topological polar surface area (TPSA) is 142 Å². The van der Waals surface area contributed by atoms with Crippen LogP contribution >= 0.6 is 23.6 Å². The summed E-state index contributed by atoms with van der Waals surface area (Å²) in [6.07, 6.45) is 3.88. The maximum atomic E-state index is 11.9. The van der Waals surface area contributed by atoms with E-state index in [1.165, 1.54) is 7.11 Å². The van der Waals surface area contributed by atoms with Gasteiger partial charge in [-0.15, -0.1) is 0 Å². The number of carbonyl (C=O) groups is 1. The molecule has 0 saturated carbocycles. The van der Waals surface area contributed by atoms with Crippen LogP contribution < -0.4 is 11.0 Å². The molecule has 9 nitrogen and oxygen atoms in total. The van der Waals surface area contributed by atoms with Crippen molar-refractivity contribution in [1.82, 2.24) is 0 Å². The van der Waals surface area contributed by atoms with E-state index in [9.17, 15) is 9.36 Å². The highest BCUT2D eigenvalue weighted by Gasteiger charge is 2.29. The Kier molecular flexibility index (Phi) is 11.0. The molecule has 1 aromatic carbocycles. The first-order valence-corrected chi connectivity index (χ1v) is 12.2. The van der Waals surface area contributed by atoms with Crippen LogP contribution in [0.15, 0.2) is 49.8 Å². The molecule has 1 heterocycles. The number of halogens is 1. The molecule has 0 aromatic heterocycles. The highest BCUT2D eigenvalue weighted by molar-refractivity contribution is 9.10. The maximum Gasteiger partial charge on any atom is 0.386 e. The van der Waals surface area contributed by atoms with E-state index in [4.69, 9.17) is 25.3 Å². The normalized spacial score (nSPS) is 16.4. The zero-order valence-electron chi connectivity index (χ0n) is 18.3. The van der Waals surface area contributed by atoms with E-state index < -0.39 is 19.7 Å². The molecule has 0 fully saturated rings. The Labute approximate surface area is 191 Å². The Morgan fingerprint density at radius 2 is 2.03 bits per heavy atom. The van der Waals surface area contributed by atoms with E-state index in [-0.39, 0.29) is 18.7 Å². The van der Waals surface area contributed by atoms with Gasteiger partial charge in [-0.1, -0.05) is 35.9 Å². The van der Waals surface area contributed by atoms with Crippen molar-refractivity contribution in [3.8, 4) is 0 Å².